The summed E-state index contributed by atoms with van der Waals surface area (Å²) in [6.45, 7) is 10.00. The van der Waals surface area contributed by atoms with E-state index in [0.29, 0.717) is 10.8 Å². The Morgan fingerprint density at radius 2 is 1.94 bits per heavy atom. The van der Waals surface area contributed by atoms with Crippen molar-refractivity contribution in [3.8, 4) is 0 Å². The molecule has 4 aliphatic carbocycles. The van der Waals surface area contributed by atoms with Crippen LogP contribution in [0.1, 0.15) is 53.4 Å². The van der Waals surface area contributed by atoms with Crippen LogP contribution in [0.3, 0.4) is 0 Å². The van der Waals surface area contributed by atoms with Gasteiger partial charge in [-0.05, 0) is 49.4 Å². The fourth-order valence-electron chi connectivity index (χ4n) is 6.28. The van der Waals surface area contributed by atoms with E-state index in [1.54, 1.807) is 0 Å². The van der Waals surface area contributed by atoms with Crippen LogP contribution in [0.2, 0.25) is 0 Å². The second-order valence-electron chi connectivity index (χ2n) is 8.00. The molecular weight excluding hydrogens is 206 g/mol. The summed E-state index contributed by atoms with van der Waals surface area (Å²) < 4.78 is 0. The summed E-state index contributed by atoms with van der Waals surface area (Å²) >= 11 is 0. The monoisotopic (exact) mass is 235 g/mol. The third-order valence-electron chi connectivity index (χ3n) is 6.87. The van der Waals surface area contributed by atoms with Crippen molar-refractivity contribution in [2.75, 3.05) is 0 Å². The maximum absolute atomic E-state index is 4.18. The molecule has 0 heterocycles. The topological polar surface area (TPSA) is 16.6 Å². The van der Waals surface area contributed by atoms with Crippen LogP contribution < -0.4 is 5.32 Å². The molecule has 0 unspecified atom stereocenters. The Hall–Kier alpha value is -0.0400. The van der Waals surface area contributed by atoms with Crippen LogP contribution in [0.5, 0.6) is 0 Å². The zero-order valence-corrected chi connectivity index (χ0v) is 12.0. The third-order valence-corrected chi connectivity index (χ3v) is 6.87. The van der Waals surface area contributed by atoms with E-state index in [0.717, 1.165) is 29.7 Å². The summed E-state index contributed by atoms with van der Waals surface area (Å²) in [5.74, 6) is 3.87. The van der Waals surface area contributed by atoms with Crippen molar-refractivity contribution in [3.05, 3.63) is 7.05 Å². The maximum Gasteiger partial charge on any atom is 0.0731 e. The van der Waals surface area contributed by atoms with Crippen LogP contribution >= 0.6 is 0 Å². The van der Waals surface area contributed by atoms with Gasteiger partial charge in [-0.2, -0.15) is 7.05 Å². The van der Waals surface area contributed by atoms with Crippen molar-refractivity contribution < 1.29 is 5.32 Å². The summed E-state index contributed by atoms with van der Waals surface area (Å²) in [5, 5.41) is 2.31. The molecule has 0 radical (unpaired) electrons. The van der Waals surface area contributed by atoms with E-state index in [2.05, 4.69) is 40.1 Å². The first-order valence-corrected chi connectivity index (χ1v) is 7.55. The molecule has 1 heteroatoms. The Morgan fingerprint density at radius 1 is 1.24 bits per heavy atom. The Bertz CT molecular complexity index is 323. The zero-order valence-electron chi connectivity index (χ0n) is 12.0. The van der Waals surface area contributed by atoms with Gasteiger partial charge in [0.2, 0.25) is 0 Å². The summed E-state index contributed by atoms with van der Waals surface area (Å²) in [7, 11) is 4.18. The van der Waals surface area contributed by atoms with Gasteiger partial charge in [0, 0.05) is 10.8 Å². The van der Waals surface area contributed by atoms with Gasteiger partial charge in [-0.15, -0.1) is 0 Å². The average molecular weight is 235 g/mol. The van der Waals surface area contributed by atoms with E-state index in [-0.39, 0.29) is 0 Å². The van der Waals surface area contributed by atoms with Gasteiger partial charge in [0.15, 0.2) is 0 Å². The van der Waals surface area contributed by atoms with Crippen LogP contribution in [-0.2, 0) is 0 Å². The minimum atomic E-state index is 0.569. The summed E-state index contributed by atoms with van der Waals surface area (Å²) in [6, 6.07) is 0.772. The van der Waals surface area contributed by atoms with Gasteiger partial charge in [-0.3, -0.25) is 0 Å². The lowest BCUT2D eigenvalue weighted by Crippen LogP contribution is -2.92. The van der Waals surface area contributed by atoms with Crippen LogP contribution in [0.25, 0.3) is 0 Å². The van der Waals surface area contributed by atoms with Crippen LogP contribution in [0.15, 0.2) is 0 Å². The van der Waals surface area contributed by atoms with E-state index in [4.69, 9.17) is 0 Å². The highest BCUT2D eigenvalue weighted by Gasteiger charge is 2.67. The SMILES string of the molecule is [CH2-][NH2+][C@@H]1[C@]2(C)CC[C@H]3[C@@H](C2)[C@@H](C(C)C)C[C@@]13C. The standard InChI is InChI=1S/C16H29N/c1-10(2)11-9-16(4)13-6-7-15(3,8-12(11)13)14(16)17-5/h10-14H,5-9,17H2,1-4H3/t11-,12+,13+,14-,15-,16-/m1/s1. The first-order chi connectivity index (χ1) is 7.92. The van der Waals surface area contributed by atoms with Crippen molar-refractivity contribution in [3.63, 3.8) is 0 Å². The van der Waals surface area contributed by atoms with E-state index < -0.39 is 0 Å². The van der Waals surface area contributed by atoms with E-state index in [1.165, 1.54) is 25.7 Å². The van der Waals surface area contributed by atoms with Crippen molar-refractivity contribution in [1.29, 1.82) is 0 Å². The quantitative estimate of drug-likeness (QED) is 0.709. The van der Waals surface area contributed by atoms with E-state index in [1.807, 2.05) is 0 Å². The molecule has 0 aromatic carbocycles. The maximum atomic E-state index is 4.18. The molecule has 1 nitrogen and oxygen atoms in total. The smallest absolute Gasteiger partial charge is 0.0731 e. The highest BCUT2D eigenvalue weighted by Crippen LogP contribution is 2.69. The molecule has 0 spiro atoms. The van der Waals surface area contributed by atoms with Gasteiger partial charge in [0.05, 0.1) is 6.04 Å². The van der Waals surface area contributed by atoms with Crippen LogP contribution in [0, 0.1) is 41.5 Å². The lowest BCUT2D eigenvalue weighted by Gasteiger charge is -2.59. The van der Waals surface area contributed by atoms with E-state index in [9.17, 15) is 0 Å². The van der Waals surface area contributed by atoms with Crippen molar-refractivity contribution >= 4 is 0 Å². The normalized spacial score (nSPS) is 56.8. The van der Waals surface area contributed by atoms with Gasteiger partial charge < -0.3 is 5.32 Å². The van der Waals surface area contributed by atoms with Crippen LogP contribution in [0.4, 0.5) is 0 Å². The Kier molecular flexibility index (Phi) is 2.47. The highest BCUT2D eigenvalue weighted by molar-refractivity contribution is 5.15. The second-order valence-corrected chi connectivity index (χ2v) is 8.00. The first-order valence-electron chi connectivity index (χ1n) is 7.55. The average Bonchev–Trinajstić information content (AvgIpc) is 2.48. The van der Waals surface area contributed by atoms with Gasteiger partial charge in [0.25, 0.3) is 0 Å². The molecule has 0 saturated heterocycles. The van der Waals surface area contributed by atoms with Crippen molar-refractivity contribution in [1.82, 2.24) is 0 Å². The molecule has 0 aliphatic heterocycles. The van der Waals surface area contributed by atoms with Crippen LogP contribution in [-0.4, -0.2) is 6.04 Å². The Morgan fingerprint density at radius 3 is 2.53 bits per heavy atom. The molecule has 0 aromatic rings. The van der Waals surface area contributed by atoms with Gasteiger partial charge >= 0.3 is 0 Å². The number of hydrogen-bond acceptors (Lipinski definition) is 0. The van der Waals surface area contributed by atoms with Crippen molar-refractivity contribution in [2.45, 2.75) is 59.4 Å². The third kappa shape index (κ3) is 1.35. The Labute approximate surface area is 107 Å². The minimum absolute atomic E-state index is 0.569. The molecule has 6 atom stereocenters. The molecule has 4 bridgehead atoms. The lowest BCUT2D eigenvalue weighted by atomic mass is 9.48. The largest absolute Gasteiger partial charge is 0.475 e. The number of rotatable bonds is 2. The van der Waals surface area contributed by atoms with E-state index >= 15 is 0 Å². The molecule has 17 heavy (non-hydrogen) atoms. The summed E-state index contributed by atoms with van der Waals surface area (Å²) in [5.41, 5.74) is 1.14. The Balaban J connectivity index is 2.01. The van der Waals surface area contributed by atoms with Gasteiger partial charge in [0.1, 0.15) is 0 Å². The first kappa shape index (κ1) is 12.0. The minimum Gasteiger partial charge on any atom is -0.475 e. The number of fused-ring (bicyclic) bond motifs is 1. The molecule has 4 saturated carbocycles. The lowest BCUT2D eigenvalue weighted by molar-refractivity contribution is -0.673. The zero-order chi connectivity index (χ0) is 12.4. The number of nitrogens with two attached hydrogens (primary N) is 1. The summed E-state index contributed by atoms with van der Waals surface area (Å²) in [4.78, 5) is 0. The molecule has 4 fully saturated rings. The molecule has 0 amide bonds. The number of hydrogen-bond donors (Lipinski definition) is 1. The molecule has 4 aliphatic rings. The summed E-state index contributed by atoms with van der Waals surface area (Å²) in [6.07, 6.45) is 5.88. The molecule has 4 rings (SSSR count). The number of quaternary nitrogens is 1. The predicted molar refractivity (Wildman–Crippen MR) is 71.1 cm³/mol. The van der Waals surface area contributed by atoms with Crippen molar-refractivity contribution in [2.24, 2.45) is 34.5 Å². The molecule has 2 N–H and O–H groups in total. The fourth-order valence-corrected chi connectivity index (χ4v) is 6.28. The van der Waals surface area contributed by atoms with Gasteiger partial charge in [-0.25, -0.2) is 0 Å². The fraction of sp³-hybridized carbons (Fsp3) is 0.938. The highest BCUT2D eigenvalue weighted by atomic mass is 15.0. The molecular formula is C16H29N. The second kappa shape index (κ2) is 3.50. The molecule has 0 aromatic heterocycles. The van der Waals surface area contributed by atoms with Gasteiger partial charge in [-0.1, -0.05) is 27.7 Å². The predicted octanol–water partition coefficient (Wildman–Crippen LogP) is 2.83. The molecule has 98 valence electrons.